The molecule has 0 aromatic rings. The summed E-state index contributed by atoms with van der Waals surface area (Å²) in [5.41, 5.74) is 0.361. The zero-order chi connectivity index (χ0) is 15.1. The van der Waals surface area contributed by atoms with Gasteiger partial charge < -0.3 is 20.1 Å². The molecule has 0 aromatic heterocycles. The predicted molar refractivity (Wildman–Crippen MR) is 81.5 cm³/mol. The largest absolute Gasteiger partial charge is 0.389 e. The molecule has 116 valence electrons. The van der Waals surface area contributed by atoms with Crippen molar-refractivity contribution in [3.8, 4) is 0 Å². The maximum absolute atomic E-state index is 9.77. The molecule has 19 heavy (non-hydrogen) atoms. The average Bonchev–Trinajstić information content (AvgIpc) is 2.25. The fourth-order valence-corrected chi connectivity index (χ4v) is 2.09. The summed E-state index contributed by atoms with van der Waals surface area (Å²) >= 11 is 0. The van der Waals surface area contributed by atoms with Gasteiger partial charge in [0.15, 0.2) is 0 Å². The van der Waals surface area contributed by atoms with Crippen molar-refractivity contribution in [3.05, 3.63) is 0 Å². The van der Waals surface area contributed by atoms with Crippen molar-refractivity contribution in [1.82, 2.24) is 10.2 Å². The van der Waals surface area contributed by atoms with Gasteiger partial charge in [0, 0.05) is 32.3 Å². The predicted octanol–water partition coefficient (Wildman–Crippen LogP) is 1.73. The van der Waals surface area contributed by atoms with Gasteiger partial charge in [-0.15, -0.1) is 0 Å². The second-order valence-electron chi connectivity index (χ2n) is 7.07. The minimum absolute atomic E-state index is 0.143. The van der Waals surface area contributed by atoms with Gasteiger partial charge in [0.1, 0.15) is 0 Å². The van der Waals surface area contributed by atoms with Gasteiger partial charge >= 0.3 is 0 Å². The van der Waals surface area contributed by atoms with E-state index in [4.69, 9.17) is 4.74 Å². The van der Waals surface area contributed by atoms with Crippen LogP contribution in [0.5, 0.6) is 0 Å². The van der Waals surface area contributed by atoms with Crippen LogP contribution in [-0.4, -0.2) is 62.0 Å². The van der Waals surface area contributed by atoms with Crippen molar-refractivity contribution in [2.24, 2.45) is 5.41 Å². The third-order valence-electron chi connectivity index (χ3n) is 3.43. The molecule has 0 amide bonds. The maximum Gasteiger partial charge on any atom is 0.0899 e. The fraction of sp³-hybridized carbons (Fsp3) is 1.00. The summed E-state index contributed by atoms with van der Waals surface area (Å²) in [6.07, 6.45) is 0.701. The number of methoxy groups -OCH3 is 1. The third kappa shape index (κ3) is 9.38. The standard InChI is InChI=1S/C15H34N2O2/c1-8-15(5,11-16-14(2,3)4)12-17(6)9-13(18)10-19-7/h13,16,18H,8-12H2,1-7H3. The molecule has 0 aliphatic rings. The number of aliphatic hydroxyl groups excluding tert-OH is 1. The van der Waals surface area contributed by atoms with Gasteiger partial charge in [0.25, 0.3) is 0 Å². The lowest BCUT2D eigenvalue weighted by molar-refractivity contribution is 0.0337. The zero-order valence-electron chi connectivity index (χ0n) is 13.9. The van der Waals surface area contributed by atoms with Crippen LogP contribution in [0.2, 0.25) is 0 Å². The Bertz CT molecular complexity index is 241. The van der Waals surface area contributed by atoms with Crippen molar-refractivity contribution < 1.29 is 9.84 Å². The number of nitrogens with one attached hydrogen (secondary N) is 1. The van der Waals surface area contributed by atoms with Gasteiger partial charge in [0.05, 0.1) is 12.7 Å². The minimum atomic E-state index is -0.410. The molecule has 0 aliphatic carbocycles. The van der Waals surface area contributed by atoms with E-state index in [1.165, 1.54) is 0 Å². The van der Waals surface area contributed by atoms with E-state index in [9.17, 15) is 5.11 Å². The highest BCUT2D eigenvalue weighted by molar-refractivity contribution is 4.83. The second kappa shape index (κ2) is 8.20. The van der Waals surface area contributed by atoms with Crippen molar-refractivity contribution in [3.63, 3.8) is 0 Å². The Morgan fingerprint density at radius 3 is 2.26 bits per heavy atom. The monoisotopic (exact) mass is 274 g/mol. The number of nitrogens with zero attached hydrogens (tertiary/aromatic N) is 1. The number of hydrogen-bond donors (Lipinski definition) is 2. The molecule has 0 spiro atoms. The first-order valence-corrected chi connectivity index (χ1v) is 7.22. The first-order chi connectivity index (χ1) is 8.62. The van der Waals surface area contributed by atoms with Crippen molar-refractivity contribution >= 4 is 0 Å². The highest BCUT2D eigenvalue weighted by atomic mass is 16.5. The van der Waals surface area contributed by atoms with Gasteiger partial charge in [-0.2, -0.15) is 0 Å². The smallest absolute Gasteiger partial charge is 0.0899 e. The maximum atomic E-state index is 9.77. The summed E-state index contributed by atoms with van der Waals surface area (Å²) in [5.74, 6) is 0. The number of likely N-dealkylation sites (N-methyl/N-ethyl adjacent to an activating group) is 1. The van der Waals surface area contributed by atoms with E-state index in [0.717, 1.165) is 19.5 Å². The topological polar surface area (TPSA) is 44.7 Å². The molecular weight excluding hydrogens is 240 g/mol. The van der Waals surface area contributed by atoms with Crippen LogP contribution >= 0.6 is 0 Å². The highest BCUT2D eigenvalue weighted by Crippen LogP contribution is 2.22. The van der Waals surface area contributed by atoms with Crippen LogP contribution in [0.25, 0.3) is 0 Å². The van der Waals surface area contributed by atoms with Gasteiger partial charge in [-0.3, -0.25) is 0 Å². The third-order valence-corrected chi connectivity index (χ3v) is 3.43. The molecule has 0 rings (SSSR count). The normalized spacial score (nSPS) is 17.5. The summed E-state index contributed by atoms with van der Waals surface area (Å²) in [5, 5.41) is 13.3. The SMILES string of the molecule is CCC(C)(CNC(C)(C)C)CN(C)CC(O)COC. The number of aliphatic hydroxyl groups is 1. The van der Waals surface area contributed by atoms with E-state index in [1.807, 2.05) is 0 Å². The van der Waals surface area contributed by atoms with E-state index in [-0.39, 0.29) is 11.0 Å². The van der Waals surface area contributed by atoms with E-state index >= 15 is 0 Å². The highest BCUT2D eigenvalue weighted by Gasteiger charge is 2.26. The minimum Gasteiger partial charge on any atom is -0.389 e. The van der Waals surface area contributed by atoms with E-state index in [1.54, 1.807) is 7.11 Å². The summed E-state index contributed by atoms with van der Waals surface area (Å²) in [6.45, 7) is 14.1. The Balaban J connectivity index is 4.28. The molecule has 2 atom stereocenters. The molecule has 0 aromatic carbocycles. The van der Waals surface area contributed by atoms with Gasteiger partial charge in [0.2, 0.25) is 0 Å². The molecular formula is C15H34N2O2. The van der Waals surface area contributed by atoms with Crippen LogP contribution in [-0.2, 0) is 4.74 Å². The summed E-state index contributed by atoms with van der Waals surface area (Å²) in [7, 11) is 3.68. The molecule has 0 heterocycles. The number of rotatable bonds is 9. The lowest BCUT2D eigenvalue weighted by Crippen LogP contribution is -2.47. The van der Waals surface area contributed by atoms with Crippen LogP contribution in [0, 0.1) is 5.41 Å². The first kappa shape index (κ1) is 18.8. The van der Waals surface area contributed by atoms with Crippen molar-refractivity contribution in [2.75, 3.05) is 40.4 Å². The average molecular weight is 274 g/mol. The van der Waals surface area contributed by atoms with Crippen LogP contribution in [0.4, 0.5) is 0 Å². The van der Waals surface area contributed by atoms with E-state index in [2.05, 4.69) is 51.9 Å². The van der Waals surface area contributed by atoms with Gasteiger partial charge in [-0.25, -0.2) is 0 Å². The Hall–Kier alpha value is -0.160. The molecule has 2 N–H and O–H groups in total. The van der Waals surface area contributed by atoms with Crippen LogP contribution in [0.3, 0.4) is 0 Å². The Morgan fingerprint density at radius 1 is 1.26 bits per heavy atom. The molecule has 0 fully saturated rings. The molecule has 0 radical (unpaired) electrons. The van der Waals surface area contributed by atoms with Crippen LogP contribution < -0.4 is 5.32 Å². The van der Waals surface area contributed by atoms with Crippen molar-refractivity contribution in [2.45, 2.75) is 52.7 Å². The quantitative estimate of drug-likeness (QED) is 0.672. The number of hydrogen-bond acceptors (Lipinski definition) is 4. The molecule has 0 saturated heterocycles. The second-order valence-corrected chi connectivity index (χ2v) is 7.07. The fourth-order valence-electron chi connectivity index (χ4n) is 2.09. The van der Waals surface area contributed by atoms with Crippen molar-refractivity contribution in [1.29, 1.82) is 0 Å². The molecule has 0 aliphatic heterocycles. The molecule has 0 saturated carbocycles. The summed E-state index contributed by atoms with van der Waals surface area (Å²) in [6, 6.07) is 0. The van der Waals surface area contributed by atoms with Gasteiger partial charge in [-0.05, 0) is 39.7 Å². The zero-order valence-corrected chi connectivity index (χ0v) is 13.9. The molecule has 0 bridgehead atoms. The Labute approximate surface area is 119 Å². The summed E-state index contributed by atoms with van der Waals surface area (Å²) in [4.78, 5) is 2.19. The molecule has 2 unspecified atom stereocenters. The Kier molecular flexibility index (Phi) is 8.13. The van der Waals surface area contributed by atoms with E-state index in [0.29, 0.717) is 13.2 Å². The molecule has 4 nitrogen and oxygen atoms in total. The first-order valence-electron chi connectivity index (χ1n) is 7.22. The number of ether oxygens (including phenoxy) is 1. The summed E-state index contributed by atoms with van der Waals surface area (Å²) < 4.78 is 4.96. The van der Waals surface area contributed by atoms with E-state index < -0.39 is 6.10 Å². The Morgan fingerprint density at radius 2 is 1.84 bits per heavy atom. The van der Waals surface area contributed by atoms with Crippen LogP contribution in [0.1, 0.15) is 41.0 Å². The lowest BCUT2D eigenvalue weighted by Gasteiger charge is -2.36. The lowest BCUT2D eigenvalue weighted by atomic mass is 9.86. The molecule has 4 heteroatoms. The van der Waals surface area contributed by atoms with Gasteiger partial charge in [-0.1, -0.05) is 13.8 Å². The van der Waals surface area contributed by atoms with Crippen LogP contribution in [0.15, 0.2) is 0 Å².